The van der Waals surface area contributed by atoms with Gasteiger partial charge in [0.25, 0.3) is 0 Å². The summed E-state index contributed by atoms with van der Waals surface area (Å²) >= 11 is 0. The van der Waals surface area contributed by atoms with Crippen molar-refractivity contribution in [3.05, 3.63) is 42.6 Å². The molecule has 5 rings (SSSR count). The van der Waals surface area contributed by atoms with Crippen LogP contribution < -0.4 is 4.74 Å². The van der Waals surface area contributed by atoms with Gasteiger partial charge in [-0.15, -0.1) is 0 Å². The van der Waals surface area contributed by atoms with Gasteiger partial charge in [-0.1, -0.05) is 6.42 Å². The molecular formula is C19H21N5O. The predicted molar refractivity (Wildman–Crippen MR) is 94.8 cm³/mol. The van der Waals surface area contributed by atoms with E-state index in [9.17, 15) is 0 Å². The number of imidazole rings is 1. The van der Waals surface area contributed by atoms with E-state index < -0.39 is 0 Å². The van der Waals surface area contributed by atoms with Crippen molar-refractivity contribution in [2.75, 3.05) is 13.1 Å². The first-order valence-corrected chi connectivity index (χ1v) is 9.04. The number of nitrogens with zero attached hydrogens (tertiary/aromatic N) is 5. The minimum absolute atomic E-state index is 0.508. The van der Waals surface area contributed by atoms with E-state index in [0.717, 1.165) is 48.9 Å². The maximum absolute atomic E-state index is 5.84. The van der Waals surface area contributed by atoms with Crippen molar-refractivity contribution in [1.29, 1.82) is 0 Å². The Morgan fingerprint density at radius 3 is 2.84 bits per heavy atom. The molecule has 0 amide bonds. The number of benzene rings is 1. The van der Waals surface area contributed by atoms with Gasteiger partial charge in [0.05, 0.1) is 17.2 Å². The first kappa shape index (κ1) is 14.8. The molecule has 0 N–H and O–H groups in total. The van der Waals surface area contributed by atoms with Crippen LogP contribution in [0.5, 0.6) is 11.6 Å². The number of rotatable bonds is 3. The van der Waals surface area contributed by atoms with Crippen LogP contribution >= 0.6 is 0 Å². The molecule has 128 valence electrons. The molecule has 3 heterocycles. The van der Waals surface area contributed by atoms with Crippen LogP contribution in [0.3, 0.4) is 0 Å². The van der Waals surface area contributed by atoms with E-state index >= 15 is 0 Å². The molecule has 0 saturated heterocycles. The van der Waals surface area contributed by atoms with Crippen LogP contribution in [-0.4, -0.2) is 43.6 Å². The van der Waals surface area contributed by atoms with E-state index in [1.54, 1.807) is 18.6 Å². The molecular weight excluding hydrogens is 314 g/mol. The normalized spacial score (nSPS) is 18.6. The molecule has 0 radical (unpaired) electrons. The highest BCUT2D eigenvalue weighted by Gasteiger charge is 2.27. The lowest BCUT2D eigenvalue weighted by molar-refractivity contribution is 0.130. The van der Waals surface area contributed by atoms with Gasteiger partial charge in [0, 0.05) is 50.6 Å². The van der Waals surface area contributed by atoms with Gasteiger partial charge in [-0.3, -0.25) is 9.88 Å². The van der Waals surface area contributed by atoms with E-state index in [-0.39, 0.29) is 0 Å². The standard InChI is InChI=1S/C19H21N5O/c1-2-14(3-1)23-9-6-18-22-16-5-4-15(12-17(16)24(18)11-10-23)25-19-13-20-7-8-21-19/h4-5,7-8,12-14H,1-3,6,9-11H2. The summed E-state index contributed by atoms with van der Waals surface area (Å²) in [5.41, 5.74) is 2.19. The molecule has 1 aromatic carbocycles. The van der Waals surface area contributed by atoms with E-state index in [1.165, 1.54) is 25.1 Å². The summed E-state index contributed by atoms with van der Waals surface area (Å²) < 4.78 is 8.20. The van der Waals surface area contributed by atoms with Crippen LogP contribution in [0.4, 0.5) is 0 Å². The van der Waals surface area contributed by atoms with Gasteiger partial charge in [-0.2, -0.15) is 0 Å². The van der Waals surface area contributed by atoms with Crippen LogP contribution in [-0.2, 0) is 13.0 Å². The Labute approximate surface area is 146 Å². The largest absolute Gasteiger partial charge is 0.437 e. The zero-order chi connectivity index (χ0) is 16.6. The SMILES string of the molecule is c1cnc(Oc2ccc3nc4n(c3c2)CCN(C2CCC2)CC4)cn1. The average Bonchev–Trinajstić information content (AvgIpc) is 2.81. The second kappa shape index (κ2) is 6.11. The number of aromatic nitrogens is 4. The quantitative estimate of drug-likeness (QED) is 0.736. The molecule has 6 nitrogen and oxygen atoms in total. The van der Waals surface area contributed by atoms with Crippen LogP contribution in [0.1, 0.15) is 25.1 Å². The highest BCUT2D eigenvalue weighted by molar-refractivity contribution is 5.78. The minimum atomic E-state index is 0.508. The fourth-order valence-corrected chi connectivity index (χ4v) is 3.82. The second-order valence-corrected chi connectivity index (χ2v) is 6.85. The average molecular weight is 335 g/mol. The Kier molecular flexibility index (Phi) is 3.63. The van der Waals surface area contributed by atoms with Crippen LogP contribution in [0, 0.1) is 0 Å². The summed E-state index contributed by atoms with van der Waals surface area (Å²) in [6.45, 7) is 3.23. The zero-order valence-electron chi connectivity index (χ0n) is 14.1. The smallest absolute Gasteiger partial charge is 0.237 e. The van der Waals surface area contributed by atoms with Gasteiger partial charge in [0.1, 0.15) is 11.6 Å². The van der Waals surface area contributed by atoms with Gasteiger partial charge in [0.2, 0.25) is 5.88 Å². The van der Waals surface area contributed by atoms with Crippen molar-refractivity contribution in [2.24, 2.45) is 0 Å². The molecule has 1 fully saturated rings. The molecule has 3 aromatic rings. The molecule has 2 aliphatic rings. The van der Waals surface area contributed by atoms with E-state index in [0.29, 0.717) is 5.88 Å². The van der Waals surface area contributed by atoms with E-state index in [4.69, 9.17) is 9.72 Å². The third-order valence-corrected chi connectivity index (χ3v) is 5.39. The van der Waals surface area contributed by atoms with Gasteiger partial charge >= 0.3 is 0 Å². The fraction of sp³-hybridized carbons (Fsp3) is 0.421. The molecule has 6 heteroatoms. The topological polar surface area (TPSA) is 56.1 Å². The van der Waals surface area contributed by atoms with Crippen molar-refractivity contribution in [3.63, 3.8) is 0 Å². The first-order valence-electron chi connectivity index (χ1n) is 9.04. The van der Waals surface area contributed by atoms with Gasteiger partial charge in [-0.25, -0.2) is 9.97 Å². The predicted octanol–water partition coefficient (Wildman–Crippen LogP) is 3.03. The molecule has 1 saturated carbocycles. The molecule has 0 spiro atoms. The van der Waals surface area contributed by atoms with E-state index in [2.05, 4.69) is 25.5 Å². The summed E-state index contributed by atoms with van der Waals surface area (Å²) in [7, 11) is 0. The highest BCUT2D eigenvalue weighted by Crippen LogP contribution is 2.29. The molecule has 2 aromatic heterocycles. The molecule has 1 aliphatic heterocycles. The third-order valence-electron chi connectivity index (χ3n) is 5.39. The second-order valence-electron chi connectivity index (χ2n) is 6.85. The first-order chi connectivity index (χ1) is 12.4. The van der Waals surface area contributed by atoms with Crippen LogP contribution in [0.25, 0.3) is 11.0 Å². The Balaban J connectivity index is 1.43. The Morgan fingerprint density at radius 1 is 1.08 bits per heavy atom. The summed E-state index contributed by atoms with van der Waals surface area (Å²) in [5, 5.41) is 0. The van der Waals surface area contributed by atoms with Crippen molar-refractivity contribution in [1.82, 2.24) is 24.4 Å². The summed E-state index contributed by atoms with van der Waals surface area (Å²) in [6.07, 6.45) is 10.0. The monoisotopic (exact) mass is 335 g/mol. The lowest BCUT2D eigenvalue weighted by Crippen LogP contribution is -2.41. The van der Waals surface area contributed by atoms with Crippen molar-refractivity contribution in [2.45, 2.75) is 38.3 Å². The molecule has 1 aliphatic carbocycles. The van der Waals surface area contributed by atoms with Crippen molar-refractivity contribution in [3.8, 4) is 11.6 Å². The number of fused-ring (bicyclic) bond motifs is 3. The molecule has 0 atom stereocenters. The summed E-state index contributed by atoms with van der Waals surface area (Å²) in [4.78, 5) is 15.7. The lowest BCUT2D eigenvalue weighted by Gasteiger charge is -2.36. The molecule has 25 heavy (non-hydrogen) atoms. The maximum Gasteiger partial charge on any atom is 0.237 e. The van der Waals surface area contributed by atoms with Crippen LogP contribution in [0.15, 0.2) is 36.8 Å². The van der Waals surface area contributed by atoms with Crippen molar-refractivity contribution >= 4 is 11.0 Å². The molecule has 0 unspecified atom stereocenters. The lowest BCUT2D eigenvalue weighted by atomic mass is 9.91. The van der Waals surface area contributed by atoms with Gasteiger partial charge in [-0.05, 0) is 25.0 Å². The van der Waals surface area contributed by atoms with E-state index in [1.807, 2.05) is 12.1 Å². The summed E-state index contributed by atoms with van der Waals surface area (Å²) in [5.74, 6) is 2.47. The number of hydrogen-bond acceptors (Lipinski definition) is 5. The Morgan fingerprint density at radius 2 is 2.04 bits per heavy atom. The zero-order valence-corrected chi connectivity index (χ0v) is 14.1. The minimum Gasteiger partial charge on any atom is -0.437 e. The van der Waals surface area contributed by atoms with Crippen LogP contribution in [0.2, 0.25) is 0 Å². The fourth-order valence-electron chi connectivity index (χ4n) is 3.82. The number of hydrogen-bond donors (Lipinski definition) is 0. The molecule has 0 bridgehead atoms. The highest BCUT2D eigenvalue weighted by atomic mass is 16.5. The Hall–Kier alpha value is -2.47. The summed E-state index contributed by atoms with van der Waals surface area (Å²) in [6, 6.07) is 6.85. The van der Waals surface area contributed by atoms with Gasteiger partial charge < -0.3 is 9.30 Å². The van der Waals surface area contributed by atoms with Gasteiger partial charge in [0.15, 0.2) is 0 Å². The van der Waals surface area contributed by atoms with Crippen molar-refractivity contribution < 1.29 is 4.74 Å². The number of ether oxygens (including phenoxy) is 1. The third kappa shape index (κ3) is 2.76. The maximum atomic E-state index is 5.84. The Bertz CT molecular complexity index is 887.